The van der Waals surface area contributed by atoms with Gasteiger partial charge in [-0.1, -0.05) is 0 Å². The number of nitrogens with zero attached hydrogens (tertiary/aromatic N) is 3. The van der Waals surface area contributed by atoms with Gasteiger partial charge in [0.05, 0.1) is 0 Å². The standard InChI is InChI=1S/C12H18N4O/c17-12(3-6-15-5-1-4-14-15)16-7-2-10-8-13-9-11(10)16/h1,4-5,10-11,13H,2-3,6-9H2/t10-,11+/m1/s1. The maximum atomic E-state index is 12.1. The normalized spacial score (nSPS) is 27.4. The lowest BCUT2D eigenvalue weighted by Gasteiger charge is -2.23. The third kappa shape index (κ3) is 2.07. The minimum absolute atomic E-state index is 0.275. The number of rotatable bonds is 3. The summed E-state index contributed by atoms with van der Waals surface area (Å²) in [5.41, 5.74) is 0. The number of amides is 1. The van der Waals surface area contributed by atoms with Crippen LogP contribution in [0.15, 0.2) is 18.5 Å². The Morgan fingerprint density at radius 3 is 3.24 bits per heavy atom. The Bertz CT molecular complexity index is 389. The molecule has 0 spiro atoms. The summed E-state index contributed by atoms with van der Waals surface area (Å²) in [6.45, 7) is 3.67. The predicted molar refractivity (Wildman–Crippen MR) is 63.3 cm³/mol. The number of nitrogens with one attached hydrogen (secondary N) is 1. The zero-order chi connectivity index (χ0) is 11.7. The molecule has 3 heterocycles. The highest BCUT2D eigenvalue weighted by Gasteiger charge is 2.39. The number of hydrogen-bond acceptors (Lipinski definition) is 3. The van der Waals surface area contributed by atoms with Crippen molar-refractivity contribution >= 4 is 5.91 Å². The predicted octanol–water partition coefficient (Wildman–Crippen LogP) is 0.0935. The van der Waals surface area contributed by atoms with Crippen molar-refractivity contribution in [1.82, 2.24) is 20.0 Å². The number of aromatic nitrogens is 2. The molecule has 0 unspecified atom stereocenters. The van der Waals surface area contributed by atoms with Crippen LogP contribution >= 0.6 is 0 Å². The smallest absolute Gasteiger partial charge is 0.224 e. The molecule has 1 aromatic heterocycles. The van der Waals surface area contributed by atoms with Crippen molar-refractivity contribution in [3.05, 3.63) is 18.5 Å². The molecule has 92 valence electrons. The van der Waals surface area contributed by atoms with E-state index in [0.717, 1.165) is 26.1 Å². The minimum Gasteiger partial charge on any atom is -0.338 e. The highest BCUT2D eigenvalue weighted by Crippen LogP contribution is 2.27. The lowest BCUT2D eigenvalue weighted by atomic mass is 10.1. The van der Waals surface area contributed by atoms with Crippen LogP contribution in [0.5, 0.6) is 0 Å². The monoisotopic (exact) mass is 234 g/mol. The summed E-state index contributed by atoms with van der Waals surface area (Å²) in [4.78, 5) is 14.2. The van der Waals surface area contributed by atoms with E-state index < -0.39 is 0 Å². The van der Waals surface area contributed by atoms with Gasteiger partial charge in [-0.25, -0.2) is 0 Å². The molecule has 5 heteroatoms. The molecule has 2 aliphatic rings. The first-order valence-electron chi connectivity index (χ1n) is 6.32. The molecule has 0 radical (unpaired) electrons. The van der Waals surface area contributed by atoms with Gasteiger partial charge in [-0.15, -0.1) is 0 Å². The van der Waals surface area contributed by atoms with E-state index in [4.69, 9.17) is 0 Å². The zero-order valence-electron chi connectivity index (χ0n) is 9.88. The lowest BCUT2D eigenvalue weighted by Crippen LogP contribution is -2.39. The van der Waals surface area contributed by atoms with Crippen LogP contribution in [0.1, 0.15) is 12.8 Å². The van der Waals surface area contributed by atoms with Crippen LogP contribution in [0.2, 0.25) is 0 Å². The fourth-order valence-corrected chi connectivity index (χ4v) is 2.95. The molecule has 5 nitrogen and oxygen atoms in total. The van der Waals surface area contributed by atoms with Gasteiger partial charge in [-0.3, -0.25) is 9.48 Å². The maximum absolute atomic E-state index is 12.1. The van der Waals surface area contributed by atoms with Crippen LogP contribution in [0.3, 0.4) is 0 Å². The first-order valence-corrected chi connectivity index (χ1v) is 6.32. The molecule has 17 heavy (non-hydrogen) atoms. The molecule has 0 bridgehead atoms. The summed E-state index contributed by atoms with van der Waals surface area (Å²) in [7, 11) is 0. The third-order valence-corrected chi connectivity index (χ3v) is 3.88. The second-order valence-electron chi connectivity index (χ2n) is 4.88. The van der Waals surface area contributed by atoms with Gasteiger partial charge in [-0.2, -0.15) is 5.10 Å². The van der Waals surface area contributed by atoms with Gasteiger partial charge < -0.3 is 10.2 Å². The van der Waals surface area contributed by atoms with Gasteiger partial charge in [-0.05, 0) is 18.4 Å². The molecule has 2 saturated heterocycles. The molecule has 0 saturated carbocycles. The maximum Gasteiger partial charge on any atom is 0.224 e. The minimum atomic E-state index is 0.275. The molecular weight excluding hydrogens is 216 g/mol. The highest BCUT2D eigenvalue weighted by molar-refractivity contribution is 5.77. The Labute approximate surface area is 101 Å². The van der Waals surface area contributed by atoms with Crippen molar-refractivity contribution in [2.24, 2.45) is 5.92 Å². The fourth-order valence-electron chi connectivity index (χ4n) is 2.95. The van der Waals surface area contributed by atoms with Crippen LogP contribution in [-0.4, -0.2) is 46.3 Å². The van der Waals surface area contributed by atoms with Crippen molar-refractivity contribution in [2.45, 2.75) is 25.4 Å². The zero-order valence-corrected chi connectivity index (χ0v) is 9.88. The molecule has 1 aromatic rings. The molecule has 2 fully saturated rings. The number of fused-ring (bicyclic) bond motifs is 1. The first-order chi connectivity index (χ1) is 8.34. The van der Waals surface area contributed by atoms with Crippen LogP contribution in [0.25, 0.3) is 0 Å². The molecule has 0 aromatic carbocycles. The lowest BCUT2D eigenvalue weighted by molar-refractivity contribution is -0.132. The molecule has 2 aliphatic heterocycles. The molecule has 3 rings (SSSR count). The summed E-state index contributed by atoms with van der Waals surface area (Å²) >= 11 is 0. The summed E-state index contributed by atoms with van der Waals surface area (Å²) in [6.07, 6.45) is 5.37. The van der Waals surface area contributed by atoms with E-state index in [0.29, 0.717) is 24.9 Å². The number of hydrogen-bond donors (Lipinski definition) is 1. The van der Waals surface area contributed by atoms with E-state index in [9.17, 15) is 4.79 Å². The molecule has 1 amide bonds. The van der Waals surface area contributed by atoms with Crippen LogP contribution in [0.4, 0.5) is 0 Å². The second kappa shape index (κ2) is 4.49. The van der Waals surface area contributed by atoms with E-state index >= 15 is 0 Å². The molecule has 1 N–H and O–H groups in total. The average Bonchev–Trinajstić information content (AvgIpc) is 3.02. The third-order valence-electron chi connectivity index (χ3n) is 3.88. The second-order valence-corrected chi connectivity index (χ2v) is 4.88. The summed E-state index contributed by atoms with van der Waals surface area (Å²) < 4.78 is 1.82. The number of carbonyl (C=O) groups excluding carboxylic acids is 1. The van der Waals surface area contributed by atoms with Crippen molar-refractivity contribution in [3.63, 3.8) is 0 Å². The van der Waals surface area contributed by atoms with Crippen LogP contribution in [0, 0.1) is 5.92 Å². The summed E-state index contributed by atoms with van der Waals surface area (Å²) in [5, 5.41) is 7.48. The highest BCUT2D eigenvalue weighted by atomic mass is 16.2. The van der Waals surface area contributed by atoms with E-state index in [-0.39, 0.29) is 5.91 Å². The van der Waals surface area contributed by atoms with Crippen LogP contribution in [-0.2, 0) is 11.3 Å². The topological polar surface area (TPSA) is 50.2 Å². The Balaban J connectivity index is 1.55. The van der Waals surface area contributed by atoms with E-state index in [1.54, 1.807) is 6.20 Å². The Morgan fingerprint density at radius 2 is 2.41 bits per heavy atom. The fraction of sp³-hybridized carbons (Fsp3) is 0.667. The van der Waals surface area contributed by atoms with E-state index in [1.165, 1.54) is 0 Å². The molecular formula is C12H18N4O. The van der Waals surface area contributed by atoms with E-state index in [1.807, 2.05) is 16.9 Å². The van der Waals surface area contributed by atoms with Gasteiger partial charge in [0, 0.05) is 51.0 Å². The summed E-state index contributed by atoms with van der Waals surface area (Å²) in [5.74, 6) is 0.959. The Morgan fingerprint density at radius 1 is 1.47 bits per heavy atom. The van der Waals surface area contributed by atoms with Crippen LogP contribution < -0.4 is 5.32 Å². The van der Waals surface area contributed by atoms with Gasteiger partial charge in [0.25, 0.3) is 0 Å². The van der Waals surface area contributed by atoms with Crippen molar-refractivity contribution in [3.8, 4) is 0 Å². The van der Waals surface area contributed by atoms with Crippen molar-refractivity contribution in [2.75, 3.05) is 19.6 Å². The Hall–Kier alpha value is -1.36. The number of carbonyl (C=O) groups is 1. The summed E-state index contributed by atoms with van der Waals surface area (Å²) in [6, 6.07) is 2.33. The Kier molecular flexibility index (Phi) is 2.84. The quantitative estimate of drug-likeness (QED) is 0.806. The first kappa shape index (κ1) is 10.8. The van der Waals surface area contributed by atoms with Gasteiger partial charge in [0.15, 0.2) is 0 Å². The van der Waals surface area contributed by atoms with Crippen molar-refractivity contribution < 1.29 is 4.79 Å². The van der Waals surface area contributed by atoms with Gasteiger partial charge in [0.2, 0.25) is 5.91 Å². The molecule has 0 aliphatic carbocycles. The van der Waals surface area contributed by atoms with Gasteiger partial charge in [0.1, 0.15) is 0 Å². The largest absolute Gasteiger partial charge is 0.338 e. The number of aryl methyl sites for hydroxylation is 1. The molecule has 2 atom stereocenters. The average molecular weight is 234 g/mol. The SMILES string of the molecule is O=C(CCn1cccn1)N1CC[C@@H]2CNC[C@@H]21. The van der Waals surface area contributed by atoms with Crippen molar-refractivity contribution in [1.29, 1.82) is 0 Å². The van der Waals surface area contributed by atoms with Gasteiger partial charge >= 0.3 is 0 Å². The van der Waals surface area contributed by atoms with E-state index in [2.05, 4.69) is 15.3 Å². The number of likely N-dealkylation sites (tertiary alicyclic amines) is 1.